The molecule has 1 fully saturated rings. The zero-order valence-corrected chi connectivity index (χ0v) is 10.6. The predicted octanol–water partition coefficient (Wildman–Crippen LogP) is 2.15. The molecule has 2 atom stereocenters. The van der Waals surface area contributed by atoms with Crippen molar-refractivity contribution in [3.8, 4) is 0 Å². The third-order valence-electron chi connectivity index (χ3n) is 4.06. The van der Waals surface area contributed by atoms with E-state index in [-0.39, 0.29) is 18.0 Å². The van der Waals surface area contributed by atoms with Crippen LogP contribution in [0.1, 0.15) is 34.1 Å². The summed E-state index contributed by atoms with van der Waals surface area (Å²) in [7, 11) is 0. The van der Waals surface area contributed by atoms with Crippen molar-refractivity contribution in [1.82, 2.24) is 0 Å². The second kappa shape index (κ2) is 5.00. The first-order valence-corrected chi connectivity index (χ1v) is 5.82. The Labute approximate surface area is 97.5 Å². The van der Waals surface area contributed by atoms with Crippen LogP contribution in [0.4, 0.5) is 0 Å². The molecule has 0 saturated heterocycles. The van der Waals surface area contributed by atoms with E-state index < -0.39 is 0 Å². The van der Waals surface area contributed by atoms with E-state index in [2.05, 4.69) is 20.8 Å². The third kappa shape index (κ3) is 2.64. The summed E-state index contributed by atoms with van der Waals surface area (Å²) in [6.07, 6.45) is 2.90. The number of carbonyl (C=O) groups excluding carboxylic acids is 1. The quantitative estimate of drug-likeness (QED) is 0.592. The zero-order valence-electron chi connectivity index (χ0n) is 10.6. The van der Waals surface area contributed by atoms with Gasteiger partial charge < -0.3 is 9.84 Å². The van der Waals surface area contributed by atoms with Gasteiger partial charge in [-0.15, -0.1) is 0 Å². The number of allylic oxidation sites excluding steroid dienone is 1. The molecule has 1 rings (SSSR count). The standard InChI is InChI=1S/C13H22O3/c1-9-11(5-6-16-10(2)15)7-12(8-14)13(9,3)4/h5,9,12,14H,6-8H2,1-4H3/b11-5+/t9-,12+/m1/s1. The minimum Gasteiger partial charge on any atom is -0.462 e. The van der Waals surface area contributed by atoms with Crippen molar-refractivity contribution in [2.24, 2.45) is 17.3 Å². The van der Waals surface area contributed by atoms with E-state index in [1.165, 1.54) is 12.5 Å². The summed E-state index contributed by atoms with van der Waals surface area (Å²) in [6.45, 7) is 8.54. The molecule has 0 aliphatic heterocycles. The Morgan fingerprint density at radius 3 is 2.69 bits per heavy atom. The predicted molar refractivity (Wildman–Crippen MR) is 62.9 cm³/mol. The van der Waals surface area contributed by atoms with Crippen molar-refractivity contribution in [2.75, 3.05) is 13.2 Å². The van der Waals surface area contributed by atoms with Crippen LogP contribution in [-0.4, -0.2) is 24.3 Å². The van der Waals surface area contributed by atoms with E-state index in [0.29, 0.717) is 18.4 Å². The number of hydrogen-bond donors (Lipinski definition) is 1. The summed E-state index contributed by atoms with van der Waals surface area (Å²) < 4.78 is 4.91. The van der Waals surface area contributed by atoms with E-state index in [4.69, 9.17) is 4.74 Å². The third-order valence-corrected chi connectivity index (χ3v) is 4.06. The number of hydrogen-bond acceptors (Lipinski definition) is 3. The van der Waals surface area contributed by atoms with Gasteiger partial charge in [0.1, 0.15) is 6.61 Å². The zero-order chi connectivity index (χ0) is 12.3. The van der Waals surface area contributed by atoms with Crippen LogP contribution >= 0.6 is 0 Å². The maximum absolute atomic E-state index is 10.7. The monoisotopic (exact) mass is 226 g/mol. The highest BCUT2D eigenvalue weighted by molar-refractivity contribution is 5.66. The number of carbonyl (C=O) groups is 1. The molecule has 92 valence electrons. The summed E-state index contributed by atoms with van der Waals surface area (Å²) in [4.78, 5) is 10.7. The fraction of sp³-hybridized carbons (Fsp3) is 0.769. The Bertz CT molecular complexity index is 292. The van der Waals surface area contributed by atoms with Crippen LogP contribution in [0.2, 0.25) is 0 Å². The molecule has 1 aliphatic carbocycles. The van der Waals surface area contributed by atoms with Gasteiger partial charge in [-0.3, -0.25) is 4.79 Å². The number of aliphatic hydroxyl groups excluding tert-OH is 1. The van der Waals surface area contributed by atoms with E-state index in [1.54, 1.807) is 0 Å². The van der Waals surface area contributed by atoms with Gasteiger partial charge in [0.15, 0.2) is 0 Å². The van der Waals surface area contributed by atoms with Crippen LogP contribution in [0.25, 0.3) is 0 Å². The lowest BCUT2D eigenvalue weighted by molar-refractivity contribution is -0.139. The molecule has 0 bridgehead atoms. The van der Waals surface area contributed by atoms with Gasteiger partial charge in [0.2, 0.25) is 0 Å². The highest BCUT2D eigenvalue weighted by atomic mass is 16.5. The maximum atomic E-state index is 10.7. The molecule has 0 spiro atoms. The molecule has 0 heterocycles. The Morgan fingerprint density at radius 2 is 2.25 bits per heavy atom. The smallest absolute Gasteiger partial charge is 0.302 e. The van der Waals surface area contributed by atoms with Crippen molar-refractivity contribution in [1.29, 1.82) is 0 Å². The second-order valence-electron chi connectivity index (χ2n) is 5.21. The first-order chi connectivity index (χ1) is 7.39. The normalized spacial score (nSPS) is 30.7. The second-order valence-corrected chi connectivity index (χ2v) is 5.21. The molecule has 1 saturated carbocycles. The highest BCUT2D eigenvalue weighted by Crippen LogP contribution is 2.49. The summed E-state index contributed by atoms with van der Waals surface area (Å²) in [5, 5.41) is 9.34. The molecular weight excluding hydrogens is 204 g/mol. The topological polar surface area (TPSA) is 46.5 Å². The lowest BCUT2D eigenvalue weighted by Gasteiger charge is -2.29. The van der Waals surface area contributed by atoms with Crippen LogP contribution in [0.5, 0.6) is 0 Å². The molecule has 0 amide bonds. The fourth-order valence-corrected chi connectivity index (χ4v) is 2.38. The molecule has 0 aromatic carbocycles. The van der Waals surface area contributed by atoms with Crippen LogP contribution in [0, 0.1) is 17.3 Å². The van der Waals surface area contributed by atoms with Gasteiger partial charge in [-0.25, -0.2) is 0 Å². The molecule has 0 aromatic rings. The highest BCUT2D eigenvalue weighted by Gasteiger charge is 2.42. The first kappa shape index (κ1) is 13.2. The van der Waals surface area contributed by atoms with E-state index in [1.807, 2.05) is 6.08 Å². The lowest BCUT2D eigenvalue weighted by Crippen LogP contribution is -2.25. The molecule has 0 radical (unpaired) electrons. The minimum atomic E-state index is -0.250. The van der Waals surface area contributed by atoms with Crippen LogP contribution in [-0.2, 0) is 9.53 Å². The molecule has 16 heavy (non-hydrogen) atoms. The largest absolute Gasteiger partial charge is 0.462 e. The van der Waals surface area contributed by atoms with Crippen LogP contribution < -0.4 is 0 Å². The van der Waals surface area contributed by atoms with E-state index in [0.717, 1.165) is 6.42 Å². The average molecular weight is 226 g/mol. The van der Waals surface area contributed by atoms with Crippen molar-refractivity contribution in [3.05, 3.63) is 11.6 Å². The molecule has 0 unspecified atom stereocenters. The molecular formula is C13H22O3. The summed E-state index contributed by atoms with van der Waals surface area (Å²) in [5.41, 5.74) is 1.42. The van der Waals surface area contributed by atoms with E-state index in [9.17, 15) is 9.90 Å². The molecule has 3 heteroatoms. The van der Waals surface area contributed by atoms with Gasteiger partial charge in [0, 0.05) is 13.5 Å². The van der Waals surface area contributed by atoms with Gasteiger partial charge in [0.05, 0.1) is 0 Å². The van der Waals surface area contributed by atoms with Gasteiger partial charge >= 0.3 is 5.97 Å². The number of esters is 1. The SMILES string of the molecule is CC(=O)OC/C=C1\C[C@@H](CO)C(C)(C)[C@@H]1C. The summed E-state index contributed by atoms with van der Waals surface area (Å²) in [5.74, 6) is 0.492. The molecule has 3 nitrogen and oxygen atoms in total. The Kier molecular flexibility index (Phi) is 4.14. The summed E-state index contributed by atoms with van der Waals surface area (Å²) >= 11 is 0. The van der Waals surface area contributed by atoms with Gasteiger partial charge in [-0.2, -0.15) is 0 Å². The number of ether oxygens (including phenoxy) is 1. The molecule has 1 N–H and O–H groups in total. The number of rotatable bonds is 3. The van der Waals surface area contributed by atoms with Crippen molar-refractivity contribution in [2.45, 2.75) is 34.1 Å². The van der Waals surface area contributed by atoms with Crippen molar-refractivity contribution in [3.63, 3.8) is 0 Å². The lowest BCUT2D eigenvalue weighted by atomic mass is 9.76. The Hall–Kier alpha value is -0.830. The first-order valence-electron chi connectivity index (χ1n) is 5.82. The Morgan fingerprint density at radius 1 is 1.62 bits per heavy atom. The van der Waals surface area contributed by atoms with Crippen LogP contribution in [0.3, 0.4) is 0 Å². The minimum absolute atomic E-state index is 0.122. The van der Waals surface area contributed by atoms with Crippen molar-refractivity contribution >= 4 is 5.97 Å². The number of aliphatic hydroxyl groups is 1. The Balaban J connectivity index is 2.67. The maximum Gasteiger partial charge on any atom is 0.302 e. The van der Waals surface area contributed by atoms with Crippen LogP contribution in [0.15, 0.2) is 11.6 Å². The molecule has 0 aromatic heterocycles. The van der Waals surface area contributed by atoms with Crippen molar-refractivity contribution < 1.29 is 14.6 Å². The average Bonchev–Trinajstić information content (AvgIpc) is 2.40. The van der Waals surface area contributed by atoms with Gasteiger partial charge in [0.25, 0.3) is 0 Å². The van der Waals surface area contributed by atoms with Gasteiger partial charge in [-0.05, 0) is 29.7 Å². The summed E-state index contributed by atoms with van der Waals surface area (Å²) in [6, 6.07) is 0. The molecule has 1 aliphatic rings. The fourth-order valence-electron chi connectivity index (χ4n) is 2.38. The van der Waals surface area contributed by atoms with E-state index >= 15 is 0 Å². The van der Waals surface area contributed by atoms with Gasteiger partial charge in [-0.1, -0.05) is 26.3 Å².